The van der Waals surface area contributed by atoms with Crippen molar-refractivity contribution in [3.8, 4) is 23.0 Å². The number of nitrogens with one attached hydrogen (secondary N) is 2. The lowest BCUT2D eigenvalue weighted by atomic mass is 10.1. The van der Waals surface area contributed by atoms with Gasteiger partial charge in [-0.3, -0.25) is 9.59 Å². The molecule has 0 aliphatic rings. The van der Waals surface area contributed by atoms with Crippen molar-refractivity contribution in [2.24, 2.45) is 0 Å². The number of aromatic carboxylic acids is 2. The van der Waals surface area contributed by atoms with Crippen molar-refractivity contribution in [1.29, 1.82) is 0 Å². The van der Waals surface area contributed by atoms with Crippen LogP contribution in [0.2, 0.25) is 0 Å². The van der Waals surface area contributed by atoms with Gasteiger partial charge in [-0.2, -0.15) is 0 Å². The number of carboxylic acid groups (broad SMARTS) is 2. The number of rotatable bonds is 22. The first kappa shape index (κ1) is 51.2. The molecule has 68 heavy (non-hydrogen) atoms. The van der Waals surface area contributed by atoms with Gasteiger partial charge >= 0.3 is 11.9 Å². The Labute approximate surface area is 395 Å². The maximum absolute atomic E-state index is 12.9. The van der Waals surface area contributed by atoms with E-state index < -0.39 is 23.8 Å². The minimum Gasteiger partial charge on any atom is -0.490 e. The Morgan fingerprint density at radius 2 is 0.809 bits per heavy atom. The van der Waals surface area contributed by atoms with Crippen LogP contribution in [0.1, 0.15) is 80.3 Å². The molecule has 6 aromatic rings. The lowest BCUT2D eigenvalue weighted by Gasteiger charge is -2.19. The number of anilines is 2. The molecule has 2 heterocycles. The van der Waals surface area contributed by atoms with Gasteiger partial charge in [-0.05, 0) is 87.4 Å². The summed E-state index contributed by atoms with van der Waals surface area (Å²) in [6, 6.07) is 35.6. The largest absolute Gasteiger partial charge is 0.490 e. The molecule has 0 aliphatic heterocycles. The van der Waals surface area contributed by atoms with E-state index in [1.165, 1.54) is 36.7 Å². The lowest BCUT2D eigenvalue weighted by molar-refractivity contribution is 0.0685. The molecular weight excluding hydrogens is 873 g/mol. The number of hydrogen-bond acceptors (Lipinski definition) is 12. The highest BCUT2D eigenvalue weighted by Gasteiger charge is 2.18. The molecule has 0 bridgehead atoms. The summed E-state index contributed by atoms with van der Waals surface area (Å²) in [5.74, 6) is -0.667. The monoisotopic (exact) mass is 928 g/mol. The van der Waals surface area contributed by atoms with Crippen LogP contribution >= 0.6 is 0 Å². The van der Waals surface area contributed by atoms with Crippen molar-refractivity contribution in [3.05, 3.63) is 167 Å². The summed E-state index contributed by atoms with van der Waals surface area (Å²) in [5, 5.41) is 23.4. The number of amides is 2. The number of pyridine rings is 2. The molecule has 2 amide bonds. The Bertz CT molecular complexity index is 2380. The van der Waals surface area contributed by atoms with E-state index in [4.69, 9.17) is 38.6 Å². The number of nitrogens with zero attached hydrogens (tertiary/aromatic N) is 2. The van der Waals surface area contributed by atoms with Gasteiger partial charge in [0.25, 0.3) is 11.8 Å². The minimum atomic E-state index is -1.09. The molecular formula is C52H56N4O12. The first-order valence-electron chi connectivity index (χ1n) is 21.7. The van der Waals surface area contributed by atoms with Crippen LogP contribution in [0.3, 0.4) is 0 Å². The zero-order chi connectivity index (χ0) is 49.0. The normalized spacial score (nSPS) is 12.4. The summed E-state index contributed by atoms with van der Waals surface area (Å²) in [7, 11) is 3.18. The topological polar surface area (TPSA) is 214 Å². The van der Waals surface area contributed by atoms with Gasteiger partial charge in [0.05, 0.1) is 36.5 Å². The molecule has 0 saturated carbocycles. The molecule has 16 heteroatoms. The molecule has 4 N–H and O–H groups in total. The summed E-state index contributed by atoms with van der Waals surface area (Å²) < 4.78 is 34.3. The SMILES string of the molecule is COC[C@H](C)Oc1cc(O[C@@H](C)Cc2ccccc2)cc(C(=O)Nc2ccc(C(=O)O)cn2)c1.COC[C@H](C)Oc1cc(O[C@@H](C)Cc2ccccc2)cc(C(=O)Nc2ccc(C(=O)O)cn2)c1. The van der Waals surface area contributed by atoms with E-state index in [1.807, 2.05) is 88.4 Å². The average molecular weight is 929 g/mol. The third-order valence-electron chi connectivity index (χ3n) is 9.67. The maximum atomic E-state index is 12.9. The van der Waals surface area contributed by atoms with Crippen LogP contribution in [-0.4, -0.2) is 95.8 Å². The Balaban J connectivity index is 0.000000254. The van der Waals surface area contributed by atoms with Crippen molar-refractivity contribution in [2.45, 2.75) is 65.0 Å². The number of benzene rings is 4. The van der Waals surface area contributed by atoms with Crippen LogP contribution < -0.4 is 29.6 Å². The van der Waals surface area contributed by atoms with E-state index in [0.29, 0.717) is 60.2 Å². The lowest BCUT2D eigenvalue weighted by Crippen LogP contribution is -2.20. The van der Waals surface area contributed by atoms with Gasteiger partial charge < -0.3 is 49.3 Å². The predicted molar refractivity (Wildman–Crippen MR) is 256 cm³/mol. The first-order valence-corrected chi connectivity index (χ1v) is 21.7. The summed E-state index contributed by atoms with van der Waals surface area (Å²) in [6.07, 6.45) is 3.02. The van der Waals surface area contributed by atoms with E-state index in [0.717, 1.165) is 11.1 Å². The van der Waals surface area contributed by atoms with Crippen LogP contribution in [0, 0.1) is 0 Å². The van der Waals surface area contributed by atoms with E-state index in [2.05, 4.69) is 20.6 Å². The van der Waals surface area contributed by atoms with Gasteiger partial charge in [0.15, 0.2) is 0 Å². The van der Waals surface area contributed by atoms with Crippen LogP contribution in [0.4, 0.5) is 11.6 Å². The van der Waals surface area contributed by atoms with Crippen molar-refractivity contribution in [2.75, 3.05) is 38.1 Å². The number of aromatic nitrogens is 2. The second-order valence-electron chi connectivity index (χ2n) is 15.8. The quantitative estimate of drug-likeness (QED) is 0.0501. The highest BCUT2D eigenvalue weighted by atomic mass is 16.5. The fourth-order valence-electron chi connectivity index (χ4n) is 6.69. The Morgan fingerprint density at radius 1 is 0.471 bits per heavy atom. The van der Waals surface area contributed by atoms with Gasteiger partial charge in [-0.15, -0.1) is 0 Å². The maximum Gasteiger partial charge on any atom is 0.337 e. The third-order valence-corrected chi connectivity index (χ3v) is 9.67. The summed E-state index contributed by atoms with van der Waals surface area (Å²) in [4.78, 5) is 55.8. The molecule has 0 aliphatic carbocycles. The second-order valence-corrected chi connectivity index (χ2v) is 15.8. The highest BCUT2D eigenvalue weighted by molar-refractivity contribution is 6.05. The fourth-order valence-corrected chi connectivity index (χ4v) is 6.69. The number of carbonyl (C=O) groups excluding carboxylic acids is 2. The molecule has 4 aromatic carbocycles. The Morgan fingerprint density at radius 3 is 1.10 bits per heavy atom. The van der Waals surface area contributed by atoms with E-state index in [1.54, 1.807) is 50.6 Å². The Hall–Kier alpha value is -7.82. The van der Waals surface area contributed by atoms with Crippen molar-refractivity contribution in [1.82, 2.24) is 9.97 Å². The van der Waals surface area contributed by atoms with E-state index in [9.17, 15) is 19.2 Å². The summed E-state index contributed by atoms with van der Waals surface area (Å²) >= 11 is 0. The number of carbonyl (C=O) groups is 4. The molecule has 0 radical (unpaired) electrons. The van der Waals surface area contributed by atoms with Crippen molar-refractivity contribution in [3.63, 3.8) is 0 Å². The summed E-state index contributed by atoms with van der Waals surface area (Å²) in [6.45, 7) is 8.42. The molecule has 2 aromatic heterocycles. The first-order chi connectivity index (χ1) is 32.7. The van der Waals surface area contributed by atoms with Crippen LogP contribution in [0.25, 0.3) is 0 Å². The average Bonchev–Trinajstić information content (AvgIpc) is 3.30. The molecule has 356 valence electrons. The van der Waals surface area contributed by atoms with Crippen LogP contribution in [0.15, 0.2) is 134 Å². The molecule has 0 spiro atoms. The molecule has 6 rings (SSSR count). The van der Waals surface area contributed by atoms with Crippen LogP contribution in [-0.2, 0) is 22.3 Å². The number of ether oxygens (including phenoxy) is 6. The van der Waals surface area contributed by atoms with Gasteiger partial charge in [0.2, 0.25) is 0 Å². The van der Waals surface area contributed by atoms with Gasteiger partial charge in [0.1, 0.15) is 46.8 Å². The van der Waals surface area contributed by atoms with Crippen molar-refractivity contribution < 1.29 is 57.8 Å². The third kappa shape index (κ3) is 16.9. The Kier molecular flexibility index (Phi) is 19.4. The molecule has 0 fully saturated rings. The summed E-state index contributed by atoms with van der Waals surface area (Å²) in [5.41, 5.74) is 2.98. The minimum absolute atomic E-state index is 0.0311. The number of hydrogen-bond donors (Lipinski definition) is 4. The predicted octanol–water partition coefficient (Wildman–Crippen LogP) is 8.91. The molecule has 0 unspecified atom stereocenters. The van der Waals surface area contributed by atoms with Crippen LogP contribution in [0.5, 0.6) is 23.0 Å². The molecule has 4 atom stereocenters. The van der Waals surface area contributed by atoms with Crippen molar-refractivity contribution >= 4 is 35.4 Å². The van der Waals surface area contributed by atoms with Gasteiger partial charge in [0, 0.05) is 62.7 Å². The second kappa shape index (κ2) is 25.8. The highest BCUT2D eigenvalue weighted by Crippen LogP contribution is 2.28. The van der Waals surface area contributed by atoms with E-state index in [-0.39, 0.29) is 47.2 Å². The zero-order valence-corrected chi connectivity index (χ0v) is 38.7. The number of methoxy groups -OCH3 is 2. The molecule has 0 saturated heterocycles. The zero-order valence-electron chi connectivity index (χ0n) is 38.7. The smallest absolute Gasteiger partial charge is 0.337 e. The number of carboxylic acids is 2. The van der Waals surface area contributed by atoms with Gasteiger partial charge in [-0.1, -0.05) is 60.7 Å². The fraction of sp³-hybridized carbons (Fsp3) is 0.269. The van der Waals surface area contributed by atoms with E-state index >= 15 is 0 Å². The molecule has 16 nitrogen and oxygen atoms in total. The standard InChI is InChI=1S/2C26H28N2O6/c2*1-17(11-19-7-5-4-6-8-19)33-22-12-21(13-23(14-22)34-18(2)16-32-3)25(29)28-24-10-9-20(15-27-24)26(30)31/h2*4-10,12-15,17-18H,11,16H2,1-3H3,(H,30,31)(H,27,28,29)/t2*17-,18-/m00/s1. The van der Waals surface area contributed by atoms with Gasteiger partial charge in [-0.25, -0.2) is 19.6 Å².